The molecule has 0 aromatic heterocycles. The molecule has 5 nitrogen and oxygen atoms in total. The minimum atomic E-state index is -0.488. The maximum Gasteiger partial charge on any atom is 0.335 e. The summed E-state index contributed by atoms with van der Waals surface area (Å²) in [5.41, 5.74) is 4.97. The number of nitrogens with two attached hydrogens (primary N) is 1. The molecule has 0 aliphatic rings. The van der Waals surface area contributed by atoms with Crippen molar-refractivity contribution in [2.75, 3.05) is 19.0 Å². The van der Waals surface area contributed by atoms with E-state index in [4.69, 9.17) is 15.2 Å². The van der Waals surface area contributed by atoms with Crippen LogP contribution >= 0.6 is 11.8 Å². The Labute approximate surface area is 93.0 Å². The molecule has 0 bridgehead atoms. The zero-order valence-corrected chi connectivity index (χ0v) is 9.63. The highest BCUT2D eigenvalue weighted by Gasteiger charge is 2.06. The van der Waals surface area contributed by atoms with Gasteiger partial charge in [0.1, 0.15) is 0 Å². The van der Waals surface area contributed by atoms with Crippen LogP contribution in [0.5, 0.6) is 0 Å². The van der Waals surface area contributed by atoms with Crippen LogP contribution in [0.25, 0.3) is 0 Å². The second-order valence-corrected chi connectivity index (χ2v) is 3.38. The predicted molar refractivity (Wildman–Crippen MR) is 58.0 cm³/mol. The Morgan fingerprint density at radius 3 is 2.33 bits per heavy atom. The minimum Gasteiger partial charge on any atom is -0.487 e. The molecule has 0 unspecified atom stereocenters. The van der Waals surface area contributed by atoms with E-state index in [2.05, 4.69) is 0 Å². The van der Waals surface area contributed by atoms with Crippen LogP contribution in [0.4, 0.5) is 0 Å². The summed E-state index contributed by atoms with van der Waals surface area (Å²) in [6.45, 7) is 4.21. The van der Waals surface area contributed by atoms with Gasteiger partial charge in [-0.25, -0.2) is 4.79 Å². The van der Waals surface area contributed by atoms with Gasteiger partial charge in [0.15, 0.2) is 5.09 Å². The predicted octanol–water partition coefficient (Wildman–Crippen LogP) is 0.646. The van der Waals surface area contributed by atoms with Crippen molar-refractivity contribution in [2.24, 2.45) is 5.73 Å². The molecule has 0 heterocycles. The third-order valence-electron chi connectivity index (χ3n) is 1.17. The summed E-state index contributed by atoms with van der Waals surface area (Å²) in [5.74, 6) is -0.877. The summed E-state index contributed by atoms with van der Waals surface area (Å²) in [6, 6.07) is 0. The molecular formula is C9H15NO4S. The maximum atomic E-state index is 11.1. The lowest BCUT2D eigenvalue weighted by atomic mass is 10.6. The molecule has 0 radical (unpaired) electrons. The molecule has 0 rings (SSSR count). The zero-order chi connectivity index (χ0) is 11.7. The number of thioether (sulfide) groups is 1. The third-order valence-corrected chi connectivity index (χ3v) is 2.11. The zero-order valence-electron chi connectivity index (χ0n) is 8.82. The summed E-state index contributed by atoms with van der Waals surface area (Å²) in [5, 5.41) is 0.342. The molecule has 15 heavy (non-hydrogen) atoms. The van der Waals surface area contributed by atoms with Crippen LogP contribution in [-0.4, -0.2) is 30.8 Å². The Morgan fingerprint density at radius 1 is 1.27 bits per heavy atom. The van der Waals surface area contributed by atoms with E-state index in [-0.39, 0.29) is 5.75 Å². The number of hydrogen-bond donors (Lipinski definition) is 1. The standard InChI is InChI=1S/C9H15NO4S/c1-3-13-8(12)5-9(14-4-2)15-6-7(10)11/h5H,3-4,6H2,1-2H3,(H2,10,11)/b9-5-. The average molecular weight is 233 g/mol. The van der Waals surface area contributed by atoms with Gasteiger partial charge in [-0.2, -0.15) is 0 Å². The SMILES string of the molecule is CCOC(=O)/C=C(/OCC)SCC(N)=O. The Bertz CT molecular complexity index is 252. The van der Waals surface area contributed by atoms with E-state index in [1.165, 1.54) is 6.08 Å². The molecule has 0 aliphatic heterocycles. The number of esters is 1. The second kappa shape index (κ2) is 8.16. The van der Waals surface area contributed by atoms with Gasteiger partial charge >= 0.3 is 5.97 Å². The normalized spacial score (nSPS) is 10.9. The van der Waals surface area contributed by atoms with Crippen LogP contribution in [0.15, 0.2) is 11.2 Å². The molecule has 0 aromatic rings. The lowest BCUT2D eigenvalue weighted by Crippen LogP contribution is -2.13. The molecule has 86 valence electrons. The molecule has 0 aliphatic carbocycles. The van der Waals surface area contributed by atoms with Crippen molar-refractivity contribution in [1.82, 2.24) is 0 Å². The maximum absolute atomic E-state index is 11.1. The minimum absolute atomic E-state index is 0.0746. The first kappa shape index (κ1) is 13.8. The highest BCUT2D eigenvalue weighted by atomic mass is 32.2. The fourth-order valence-electron chi connectivity index (χ4n) is 0.690. The van der Waals surface area contributed by atoms with Gasteiger partial charge in [0.2, 0.25) is 5.91 Å². The fourth-order valence-corrected chi connectivity index (χ4v) is 1.35. The quantitative estimate of drug-likeness (QED) is 0.397. The number of hydrogen-bond acceptors (Lipinski definition) is 5. The highest BCUT2D eigenvalue weighted by Crippen LogP contribution is 2.16. The van der Waals surface area contributed by atoms with E-state index >= 15 is 0 Å². The number of amides is 1. The van der Waals surface area contributed by atoms with Crippen LogP contribution in [0.3, 0.4) is 0 Å². The van der Waals surface area contributed by atoms with Crippen LogP contribution in [0.1, 0.15) is 13.8 Å². The van der Waals surface area contributed by atoms with Crippen molar-refractivity contribution in [3.05, 3.63) is 11.2 Å². The highest BCUT2D eigenvalue weighted by molar-refractivity contribution is 8.03. The van der Waals surface area contributed by atoms with Crippen molar-refractivity contribution >= 4 is 23.6 Å². The lowest BCUT2D eigenvalue weighted by molar-refractivity contribution is -0.137. The van der Waals surface area contributed by atoms with Gasteiger partial charge in [-0.3, -0.25) is 4.79 Å². The van der Waals surface area contributed by atoms with Gasteiger partial charge in [-0.1, -0.05) is 11.8 Å². The summed E-state index contributed by atoms with van der Waals surface area (Å²) in [6.07, 6.45) is 1.21. The Hall–Kier alpha value is -1.17. The van der Waals surface area contributed by atoms with E-state index < -0.39 is 11.9 Å². The van der Waals surface area contributed by atoms with E-state index in [9.17, 15) is 9.59 Å². The summed E-state index contributed by atoms with van der Waals surface area (Å²) < 4.78 is 9.83. The fraction of sp³-hybridized carbons (Fsp3) is 0.556. The van der Waals surface area contributed by atoms with Crippen molar-refractivity contribution in [3.63, 3.8) is 0 Å². The molecule has 0 saturated carbocycles. The van der Waals surface area contributed by atoms with Crippen molar-refractivity contribution < 1.29 is 19.1 Å². The Morgan fingerprint density at radius 2 is 1.87 bits per heavy atom. The smallest absolute Gasteiger partial charge is 0.335 e. The largest absolute Gasteiger partial charge is 0.487 e. The number of carbonyl (C=O) groups excluding carboxylic acids is 2. The number of rotatable bonds is 7. The van der Waals surface area contributed by atoms with Crippen LogP contribution in [0, 0.1) is 0 Å². The molecule has 0 aromatic carbocycles. The number of ether oxygens (including phenoxy) is 2. The summed E-state index contributed by atoms with van der Waals surface area (Å²) in [4.78, 5) is 21.6. The van der Waals surface area contributed by atoms with E-state index in [0.717, 1.165) is 11.8 Å². The van der Waals surface area contributed by atoms with E-state index in [1.54, 1.807) is 13.8 Å². The van der Waals surface area contributed by atoms with Crippen molar-refractivity contribution in [1.29, 1.82) is 0 Å². The topological polar surface area (TPSA) is 78.6 Å². The Kier molecular flexibility index (Phi) is 7.53. The second-order valence-electron chi connectivity index (χ2n) is 2.40. The van der Waals surface area contributed by atoms with Crippen LogP contribution in [-0.2, 0) is 19.1 Å². The van der Waals surface area contributed by atoms with Gasteiger partial charge in [-0.05, 0) is 13.8 Å². The van der Waals surface area contributed by atoms with Crippen LogP contribution in [0.2, 0.25) is 0 Å². The summed E-state index contributed by atoms with van der Waals surface area (Å²) in [7, 11) is 0. The molecule has 0 atom stereocenters. The van der Waals surface area contributed by atoms with Gasteiger partial charge in [-0.15, -0.1) is 0 Å². The van der Waals surface area contributed by atoms with Crippen LogP contribution < -0.4 is 5.73 Å². The molecule has 0 spiro atoms. The first-order valence-corrected chi connectivity index (χ1v) is 5.51. The van der Waals surface area contributed by atoms with E-state index in [0.29, 0.717) is 18.3 Å². The summed E-state index contributed by atoms with van der Waals surface area (Å²) >= 11 is 1.07. The van der Waals surface area contributed by atoms with Gasteiger partial charge in [0.05, 0.1) is 25.0 Å². The Balaban J connectivity index is 4.22. The third kappa shape index (κ3) is 7.87. The number of primary amides is 1. The molecule has 6 heteroatoms. The van der Waals surface area contributed by atoms with Gasteiger partial charge < -0.3 is 15.2 Å². The monoisotopic (exact) mass is 233 g/mol. The molecule has 0 fully saturated rings. The van der Waals surface area contributed by atoms with Crippen molar-refractivity contribution in [2.45, 2.75) is 13.8 Å². The molecule has 2 N–H and O–H groups in total. The van der Waals surface area contributed by atoms with Crippen molar-refractivity contribution in [3.8, 4) is 0 Å². The van der Waals surface area contributed by atoms with Gasteiger partial charge in [0.25, 0.3) is 0 Å². The average Bonchev–Trinajstić information content (AvgIpc) is 2.15. The molecule has 1 amide bonds. The first-order chi connectivity index (χ1) is 7.10. The first-order valence-electron chi connectivity index (χ1n) is 4.52. The van der Waals surface area contributed by atoms with E-state index in [1.807, 2.05) is 0 Å². The number of carbonyl (C=O) groups is 2. The molecular weight excluding hydrogens is 218 g/mol. The van der Waals surface area contributed by atoms with Gasteiger partial charge in [0, 0.05) is 0 Å². The molecule has 0 saturated heterocycles. The lowest BCUT2D eigenvalue weighted by Gasteiger charge is -2.06.